The van der Waals surface area contributed by atoms with Crippen molar-refractivity contribution in [3.8, 4) is 0 Å². The zero-order valence-corrected chi connectivity index (χ0v) is 10.4. The van der Waals surface area contributed by atoms with Crippen LogP contribution in [-0.2, 0) is 0 Å². The van der Waals surface area contributed by atoms with Gasteiger partial charge in [0.25, 0.3) is 0 Å². The van der Waals surface area contributed by atoms with Gasteiger partial charge in [-0.05, 0) is 44.4 Å². The lowest BCUT2D eigenvalue weighted by Gasteiger charge is -2.27. The Morgan fingerprint density at radius 3 is 2.59 bits per heavy atom. The Hall–Kier alpha value is -1.51. The molecule has 2 rings (SSSR count). The molecule has 0 aliphatic heterocycles. The third-order valence-corrected chi connectivity index (χ3v) is 3.55. The Morgan fingerprint density at radius 1 is 1.35 bits per heavy atom. The van der Waals surface area contributed by atoms with Crippen molar-refractivity contribution in [3.63, 3.8) is 0 Å². The van der Waals surface area contributed by atoms with E-state index in [1.54, 1.807) is 6.07 Å². The first-order chi connectivity index (χ1) is 8.00. The lowest BCUT2D eigenvalue weighted by molar-refractivity contribution is 0.0698. The molecule has 0 atom stereocenters. The van der Waals surface area contributed by atoms with E-state index >= 15 is 0 Å². The molecule has 1 aromatic carbocycles. The van der Waals surface area contributed by atoms with Gasteiger partial charge in [-0.1, -0.05) is 18.9 Å². The zero-order chi connectivity index (χ0) is 12.5. The van der Waals surface area contributed by atoms with Gasteiger partial charge in [0.15, 0.2) is 0 Å². The van der Waals surface area contributed by atoms with Crippen LogP contribution in [-0.4, -0.2) is 16.6 Å². The average Bonchev–Trinajstić information content (AvgIpc) is 2.64. The maximum atomic E-state index is 11.2. The van der Waals surface area contributed by atoms with Gasteiger partial charge in [-0.2, -0.15) is 0 Å². The molecular weight excluding hydrogens is 214 g/mol. The van der Waals surface area contributed by atoms with E-state index in [0.717, 1.165) is 24.1 Å². The van der Waals surface area contributed by atoms with Gasteiger partial charge in [-0.3, -0.25) is 0 Å². The monoisotopic (exact) mass is 233 g/mol. The maximum absolute atomic E-state index is 11.2. The summed E-state index contributed by atoms with van der Waals surface area (Å²) in [4.78, 5) is 11.2. The minimum absolute atomic E-state index is 0.0536. The van der Waals surface area contributed by atoms with Crippen molar-refractivity contribution in [2.24, 2.45) is 0 Å². The predicted molar refractivity (Wildman–Crippen MR) is 68.6 cm³/mol. The minimum atomic E-state index is -0.867. The summed E-state index contributed by atoms with van der Waals surface area (Å²) in [6.07, 6.45) is 4.66. The number of carboxylic acids is 1. The number of anilines is 1. The lowest BCUT2D eigenvalue weighted by Crippen LogP contribution is -2.31. The fourth-order valence-corrected chi connectivity index (χ4v) is 2.55. The van der Waals surface area contributed by atoms with Gasteiger partial charge in [-0.25, -0.2) is 4.79 Å². The Kier molecular flexibility index (Phi) is 3.09. The molecule has 0 aromatic heterocycles. The summed E-state index contributed by atoms with van der Waals surface area (Å²) >= 11 is 0. The highest BCUT2D eigenvalue weighted by molar-refractivity contribution is 5.94. The molecule has 3 heteroatoms. The van der Waals surface area contributed by atoms with Gasteiger partial charge in [0.05, 0.1) is 5.56 Å². The number of rotatable bonds is 3. The Bertz CT molecular complexity index is 434. The first-order valence-corrected chi connectivity index (χ1v) is 6.12. The van der Waals surface area contributed by atoms with Gasteiger partial charge in [-0.15, -0.1) is 0 Å². The van der Waals surface area contributed by atoms with E-state index in [1.165, 1.54) is 12.8 Å². The highest BCUT2D eigenvalue weighted by Gasteiger charge is 2.29. The Morgan fingerprint density at radius 2 is 2.00 bits per heavy atom. The summed E-state index contributed by atoms with van der Waals surface area (Å²) in [7, 11) is 0. The SMILES string of the molecule is Cc1ccc(C(=O)O)c(NC2(C)CCCC2)c1. The molecule has 0 unspecified atom stereocenters. The number of benzene rings is 1. The molecule has 17 heavy (non-hydrogen) atoms. The molecule has 0 radical (unpaired) electrons. The summed E-state index contributed by atoms with van der Waals surface area (Å²) in [6.45, 7) is 4.15. The summed E-state index contributed by atoms with van der Waals surface area (Å²) in [5.74, 6) is -0.867. The van der Waals surface area contributed by atoms with Crippen molar-refractivity contribution in [2.45, 2.75) is 45.1 Å². The third kappa shape index (κ3) is 2.60. The fourth-order valence-electron chi connectivity index (χ4n) is 2.55. The number of carbonyl (C=O) groups is 1. The highest BCUT2D eigenvalue weighted by atomic mass is 16.4. The standard InChI is InChI=1S/C14H19NO2/c1-10-5-6-11(13(16)17)12(9-10)15-14(2)7-3-4-8-14/h5-6,9,15H,3-4,7-8H2,1-2H3,(H,16,17). The number of aryl methyl sites for hydroxylation is 1. The van der Waals surface area contributed by atoms with Gasteiger partial charge in [0.2, 0.25) is 0 Å². The summed E-state index contributed by atoms with van der Waals surface area (Å²) < 4.78 is 0. The number of aromatic carboxylic acids is 1. The average molecular weight is 233 g/mol. The molecule has 92 valence electrons. The normalized spacial score (nSPS) is 18.0. The summed E-state index contributed by atoms with van der Waals surface area (Å²) in [5.41, 5.74) is 2.25. The van der Waals surface area contributed by atoms with Crippen LogP contribution in [0.2, 0.25) is 0 Å². The van der Waals surface area contributed by atoms with Crippen LogP contribution in [0, 0.1) is 6.92 Å². The Labute approximate surface area is 102 Å². The predicted octanol–water partition coefficient (Wildman–Crippen LogP) is 3.44. The molecule has 0 spiro atoms. The summed E-state index contributed by atoms with van der Waals surface area (Å²) in [5, 5.41) is 12.6. The minimum Gasteiger partial charge on any atom is -0.478 e. The number of nitrogens with one attached hydrogen (secondary N) is 1. The van der Waals surface area contributed by atoms with E-state index in [4.69, 9.17) is 0 Å². The lowest BCUT2D eigenvalue weighted by atomic mass is 9.98. The number of carboxylic acid groups (broad SMARTS) is 1. The van der Waals surface area contributed by atoms with E-state index in [9.17, 15) is 9.90 Å². The van der Waals surface area contributed by atoms with Crippen LogP contribution in [0.4, 0.5) is 5.69 Å². The molecule has 1 aromatic rings. The van der Waals surface area contributed by atoms with Crippen molar-refractivity contribution in [1.29, 1.82) is 0 Å². The largest absolute Gasteiger partial charge is 0.478 e. The van der Waals surface area contributed by atoms with Crippen LogP contribution in [0.15, 0.2) is 18.2 Å². The van der Waals surface area contributed by atoms with E-state index < -0.39 is 5.97 Å². The molecule has 1 saturated carbocycles. The second-order valence-electron chi connectivity index (χ2n) is 5.25. The molecular formula is C14H19NO2. The van der Waals surface area contributed by atoms with Crippen molar-refractivity contribution in [3.05, 3.63) is 29.3 Å². The highest BCUT2D eigenvalue weighted by Crippen LogP contribution is 2.33. The second kappa shape index (κ2) is 4.40. The van der Waals surface area contributed by atoms with Gasteiger partial charge in [0, 0.05) is 11.2 Å². The fraction of sp³-hybridized carbons (Fsp3) is 0.500. The molecule has 2 N–H and O–H groups in total. The van der Waals surface area contributed by atoms with Crippen LogP contribution >= 0.6 is 0 Å². The second-order valence-corrected chi connectivity index (χ2v) is 5.25. The Balaban J connectivity index is 2.30. The third-order valence-electron chi connectivity index (χ3n) is 3.55. The van der Waals surface area contributed by atoms with E-state index in [2.05, 4.69) is 12.2 Å². The molecule has 0 saturated heterocycles. The molecule has 1 aliphatic carbocycles. The van der Waals surface area contributed by atoms with E-state index in [0.29, 0.717) is 5.56 Å². The molecule has 0 amide bonds. The number of hydrogen-bond acceptors (Lipinski definition) is 2. The first kappa shape index (κ1) is 12.0. The van der Waals surface area contributed by atoms with Crippen LogP contribution in [0.3, 0.4) is 0 Å². The van der Waals surface area contributed by atoms with Crippen molar-refractivity contribution < 1.29 is 9.90 Å². The smallest absolute Gasteiger partial charge is 0.337 e. The van der Waals surface area contributed by atoms with Crippen LogP contribution in [0.25, 0.3) is 0 Å². The van der Waals surface area contributed by atoms with Crippen LogP contribution < -0.4 is 5.32 Å². The van der Waals surface area contributed by atoms with Gasteiger partial charge in [0.1, 0.15) is 0 Å². The number of hydrogen-bond donors (Lipinski definition) is 2. The van der Waals surface area contributed by atoms with Crippen molar-refractivity contribution in [1.82, 2.24) is 0 Å². The molecule has 1 aliphatic rings. The molecule has 1 fully saturated rings. The van der Waals surface area contributed by atoms with Crippen LogP contribution in [0.1, 0.15) is 48.5 Å². The van der Waals surface area contributed by atoms with Crippen LogP contribution in [0.5, 0.6) is 0 Å². The van der Waals surface area contributed by atoms with Gasteiger partial charge < -0.3 is 10.4 Å². The summed E-state index contributed by atoms with van der Waals surface area (Å²) in [6, 6.07) is 5.44. The molecule has 0 bridgehead atoms. The van der Waals surface area contributed by atoms with Gasteiger partial charge >= 0.3 is 5.97 Å². The topological polar surface area (TPSA) is 49.3 Å². The maximum Gasteiger partial charge on any atom is 0.337 e. The molecule has 0 heterocycles. The first-order valence-electron chi connectivity index (χ1n) is 6.12. The van der Waals surface area contributed by atoms with E-state index in [-0.39, 0.29) is 5.54 Å². The zero-order valence-electron chi connectivity index (χ0n) is 10.4. The molecule has 3 nitrogen and oxygen atoms in total. The van der Waals surface area contributed by atoms with Crippen molar-refractivity contribution >= 4 is 11.7 Å². The quantitative estimate of drug-likeness (QED) is 0.840. The van der Waals surface area contributed by atoms with Crippen molar-refractivity contribution in [2.75, 3.05) is 5.32 Å². The van der Waals surface area contributed by atoms with E-state index in [1.807, 2.05) is 19.1 Å².